The molecule has 0 unspecified atom stereocenters. The summed E-state index contributed by atoms with van der Waals surface area (Å²) in [6.07, 6.45) is 0.604. The molecule has 0 spiro atoms. The van der Waals surface area contributed by atoms with Crippen LogP contribution in [0.1, 0.15) is 12.8 Å². The molecule has 6 nitrogen and oxygen atoms in total. The number of nitrogens with zero attached hydrogens (tertiary/aromatic N) is 2. The lowest BCUT2D eigenvalue weighted by atomic mass is 10.2. The van der Waals surface area contributed by atoms with E-state index >= 15 is 0 Å². The maximum atomic E-state index is 11.9. The third-order valence-electron chi connectivity index (χ3n) is 3.28. The minimum absolute atomic E-state index is 0.0555. The van der Waals surface area contributed by atoms with Crippen molar-refractivity contribution in [3.63, 3.8) is 0 Å². The molecule has 0 atom stereocenters. The maximum Gasteiger partial charge on any atom is 0.223 e. The highest BCUT2D eigenvalue weighted by Crippen LogP contribution is 2.06. The Bertz CT molecular complexity index is 266. The summed E-state index contributed by atoms with van der Waals surface area (Å²) in [6.45, 7) is 4.98. The summed E-state index contributed by atoms with van der Waals surface area (Å²) >= 11 is 0. The van der Waals surface area contributed by atoms with Crippen LogP contribution >= 0.6 is 0 Å². The molecule has 0 bridgehead atoms. The zero-order chi connectivity index (χ0) is 12.8. The average Bonchev–Trinajstić information content (AvgIpc) is 2.46. The van der Waals surface area contributed by atoms with Crippen LogP contribution in [0.2, 0.25) is 0 Å². The number of ether oxygens (including phenoxy) is 2. The standard InChI is InChI=1S/C12H20N2O4/c15-11(13-3-7-17-8-4-13)1-2-12(16)14-5-9-18-10-6-14/h1-10H2. The summed E-state index contributed by atoms with van der Waals surface area (Å²) < 4.78 is 10.4. The third-order valence-corrected chi connectivity index (χ3v) is 3.28. The van der Waals surface area contributed by atoms with Gasteiger partial charge in [0.25, 0.3) is 0 Å². The van der Waals surface area contributed by atoms with Crippen LogP contribution in [0, 0.1) is 0 Å². The lowest BCUT2D eigenvalue weighted by Gasteiger charge is -2.28. The monoisotopic (exact) mass is 256 g/mol. The quantitative estimate of drug-likeness (QED) is 0.682. The fourth-order valence-electron chi connectivity index (χ4n) is 2.16. The van der Waals surface area contributed by atoms with Crippen molar-refractivity contribution in [1.82, 2.24) is 9.80 Å². The van der Waals surface area contributed by atoms with Crippen molar-refractivity contribution in [3.8, 4) is 0 Å². The Balaban J connectivity index is 1.69. The van der Waals surface area contributed by atoms with Crippen molar-refractivity contribution >= 4 is 11.8 Å². The fourth-order valence-corrected chi connectivity index (χ4v) is 2.16. The molecule has 0 aliphatic carbocycles. The van der Waals surface area contributed by atoms with E-state index in [9.17, 15) is 9.59 Å². The van der Waals surface area contributed by atoms with Gasteiger partial charge in [0.15, 0.2) is 0 Å². The summed E-state index contributed by atoms with van der Waals surface area (Å²) in [5, 5.41) is 0. The minimum Gasteiger partial charge on any atom is -0.378 e. The topological polar surface area (TPSA) is 59.1 Å². The highest BCUT2D eigenvalue weighted by Gasteiger charge is 2.20. The number of hydrogen-bond donors (Lipinski definition) is 0. The molecule has 0 aromatic carbocycles. The highest BCUT2D eigenvalue weighted by molar-refractivity contribution is 5.83. The summed E-state index contributed by atoms with van der Waals surface area (Å²) in [6, 6.07) is 0. The van der Waals surface area contributed by atoms with E-state index in [0.717, 1.165) is 0 Å². The third kappa shape index (κ3) is 3.68. The SMILES string of the molecule is O=C(CCC(=O)N1CCOCC1)N1CCOCC1. The molecule has 6 heteroatoms. The average molecular weight is 256 g/mol. The lowest BCUT2D eigenvalue weighted by Crippen LogP contribution is -2.43. The Morgan fingerprint density at radius 2 is 1.06 bits per heavy atom. The van der Waals surface area contributed by atoms with Gasteiger partial charge in [-0.3, -0.25) is 9.59 Å². The number of carbonyl (C=O) groups is 2. The Hall–Kier alpha value is -1.14. The first-order valence-corrected chi connectivity index (χ1v) is 6.48. The van der Waals surface area contributed by atoms with Crippen molar-refractivity contribution in [2.45, 2.75) is 12.8 Å². The van der Waals surface area contributed by atoms with Crippen molar-refractivity contribution in [1.29, 1.82) is 0 Å². The molecule has 18 heavy (non-hydrogen) atoms. The first kappa shape index (κ1) is 13.3. The number of morpholine rings is 2. The second-order valence-electron chi connectivity index (χ2n) is 4.49. The molecule has 0 aromatic heterocycles. The van der Waals surface area contributed by atoms with Gasteiger partial charge >= 0.3 is 0 Å². The molecule has 102 valence electrons. The number of rotatable bonds is 3. The first-order chi connectivity index (χ1) is 8.77. The van der Waals surface area contributed by atoms with E-state index in [4.69, 9.17) is 9.47 Å². The summed E-state index contributed by atoms with van der Waals surface area (Å²) in [5.41, 5.74) is 0. The molecule has 2 rings (SSSR count). The molecule has 2 fully saturated rings. The summed E-state index contributed by atoms with van der Waals surface area (Å²) in [5.74, 6) is 0.111. The molecule has 2 aliphatic rings. The highest BCUT2D eigenvalue weighted by atomic mass is 16.5. The van der Waals surface area contributed by atoms with Crippen LogP contribution in [0.25, 0.3) is 0 Å². The normalized spacial score (nSPS) is 20.9. The van der Waals surface area contributed by atoms with Crippen LogP contribution in [0.4, 0.5) is 0 Å². The van der Waals surface area contributed by atoms with Gasteiger partial charge in [-0.05, 0) is 0 Å². The zero-order valence-electron chi connectivity index (χ0n) is 10.6. The van der Waals surface area contributed by atoms with Crippen LogP contribution < -0.4 is 0 Å². The van der Waals surface area contributed by atoms with Gasteiger partial charge in [-0.2, -0.15) is 0 Å². The second-order valence-corrected chi connectivity index (χ2v) is 4.49. The smallest absolute Gasteiger partial charge is 0.223 e. The number of hydrogen-bond acceptors (Lipinski definition) is 4. The van der Waals surface area contributed by atoms with Crippen LogP contribution in [-0.4, -0.2) is 74.2 Å². The maximum absolute atomic E-state index is 11.9. The predicted molar refractivity (Wildman–Crippen MR) is 64.0 cm³/mol. The molecular formula is C12H20N2O4. The molecular weight excluding hydrogens is 236 g/mol. The molecule has 0 aromatic rings. The van der Waals surface area contributed by atoms with Crippen LogP contribution in [0.15, 0.2) is 0 Å². The Morgan fingerprint density at radius 1 is 0.722 bits per heavy atom. The van der Waals surface area contributed by atoms with Gasteiger partial charge < -0.3 is 19.3 Å². The van der Waals surface area contributed by atoms with Crippen molar-refractivity contribution in [3.05, 3.63) is 0 Å². The number of amides is 2. The van der Waals surface area contributed by atoms with Crippen molar-refractivity contribution in [2.24, 2.45) is 0 Å². The van der Waals surface area contributed by atoms with Gasteiger partial charge in [-0.25, -0.2) is 0 Å². The minimum atomic E-state index is 0.0555. The molecule has 2 saturated heterocycles. The van der Waals surface area contributed by atoms with Gasteiger partial charge in [-0.1, -0.05) is 0 Å². The molecule has 2 amide bonds. The molecule has 0 saturated carbocycles. The molecule has 0 N–H and O–H groups in total. The summed E-state index contributed by atoms with van der Waals surface area (Å²) in [4.78, 5) is 27.3. The van der Waals surface area contributed by atoms with Crippen LogP contribution in [0.5, 0.6) is 0 Å². The number of carbonyl (C=O) groups excluding carboxylic acids is 2. The van der Waals surface area contributed by atoms with E-state index in [1.807, 2.05) is 0 Å². The largest absolute Gasteiger partial charge is 0.378 e. The Morgan fingerprint density at radius 3 is 1.39 bits per heavy atom. The van der Waals surface area contributed by atoms with Crippen molar-refractivity contribution in [2.75, 3.05) is 52.6 Å². The zero-order valence-corrected chi connectivity index (χ0v) is 10.6. The Kier molecular flexibility index (Phi) is 4.95. The van der Waals surface area contributed by atoms with Gasteiger partial charge in [0.2, 0.25) is 11.8 Å². The van der Waals surface area contributed by atoms with Gasteiger partial charge in [0.1, 0.15) is 0 Å². The Labute approximate surface area is 107 Å². The van der Waals surface area contributed by atoms with Crippen LogP contribution in [0.3, 0.4) is 0 Å². The molecule has 2 heterocycles. The van der Waals surface area contributed by atoms with Crippen LogP contribution in [-0.2, 0) is 19.1 Å². The van der Waals surface area contributed by atoms with E-state index in [2.05, 4.69) is 0 Å². The van der Waals surface area contributed by atoms with Gasteiger partial charge in [0, 0.05) is 39.0 Å². The summed E-state index contributed by atoms with van der Waals surface area (Å²) in [7, 11) is 0. The predicted octanol–water partition coefficient (Wildman–Crippen LogP) is -0.516. The molecule has 2 aliphatic heterocycles. The van der Waals surface area contributed by atoms with E-state index in [1.54, 1.807) is 9.80 Å². The second kappa shape index (κ2) is 6.70. The fraction of sp³-hybridized carbons (Fsp3) is 0.833. The lowest BCUT2D eigenvalue weighted by molar-refractivity contribution is -0.141. The van der Waals surface area contributed by atoms with E-state index in [0.29, 0.717) is 65.4 Å². The van der Waals surface area contributed by atoms with E-state index in [1.165, 1.54) is 0 Å². The van der Waals surface area contributed by atoms with Gasteiger partial charge in [0.05, 0.1) is 26.4 Å². The first-order valence-electron chi connectivity index (χ1n) is 6.48. The van der Waals surface area contributed by atoms with E-state index < -0.39 is 0 Å². The molecule has 0 radical (unpaired) electrons. The van der Waals surface area contributed by atoms with Crippen molar-refractivity contribution < 1.29 is 19.1 Å². The van der Waals surface area contributed by atoms with Gasteiger partial charge in [-0.15, -0.1) is 0 Å². The van der Waals surface area contributed by atoms with E-state index in [-0.39, 0.29) is 11.8 Å².